The number of rotatable bonds is 1. The summed E-state index contributed by atoms with van der Waals surface area (Å²) in [5.74, 6) is -0.802. The van der Waals surface area contributed by atoms with E-state index in [2.05, 4.69) is 13.8 Å². The van der Waals surface area contributed by atoms with Crippen LogP contribution < -0.4 is 0 Å². The molecule has 6 heteroatoms. The second kappa shape index (κ2) is 5.19. The first kappa shape index (κ1) is 15.2. The van der Waals surface area contributed by atoms with Gasteiger partial charge in [0.2, 0.25) is 5.91 Å². The molecule has 2 aliphatic rings. The largest absolute Gasteiger partial charge is 0.276 e. The van der Waals surface area contributed by atoms with Crippen LogP contribution in [-0.2, 0) is 14.8 Å². The Morgan fingerprint density at radius 3 is 2.45 bits per heavy atom. The Hall–Kier alpha value is -1.69. The molecule has 118 valence electrons. The van der Waals surface area contributed by atoms with Gasteiger partial charge in [-0.3, -0.25) is 9.59 Å². The van der Waals surface area contributed by atoms with Gasteiger partial charge in [-0.15, -0.1) is 0 Å². The maximum Gasteiger partial charge on any atom is 0.276 e. The number of amides is 2. The van der Waals surface area contributed by atoms with E-state index in [0.717, 1.165) is 6.42 Å². The van der Waals surface area contributed by atoms with Gasteiger partial charge < -0.3 is 0 Å². The molecule has 3 unspecified atom stereocenters. The van der Waals surface area contributed by atoms with E-state index in [1.807, 2.05) is 0 Å². The minimum absolute atomic E-state index is 0.0643. The number of imide groups is 1. The number of fused-ring (bicyclic) bond motifs is 1. The lowest BCUT2D eigenvalue weighted by atomic mass is 9.75. The monoisotopic (exact) mass is 321 g/mol. The zero-order valence-corrected chi connectivity index (χ0v) is 13.5. The van der Waals surface area contributed by atoms with Crippen molar-refractivity contribution in [3.8, 4) is 0 Å². The van der Waals surface area contributed by atoms with E-state index in [4.69, 9.17) is 0 Å². The van der Waals surface area contributed by atoms with Crippen LogP contribution in [0, 0.1) is 17.8 Å². The minimum atomic E-state index is -4.04. The molecule has 1 saturated carbocycles. The van der Waals surface area contributed by atoms with E-state index in [-0.39, 0.29) is 16.4 Å². The summed E-state index contributed by atoms with van der Waals surface area (Å²) in [6.07, 6.45) is 2.15. The molecule has 1 aliphatic carbocycles. The molecular formula is C16H19NO4S. The highest BCUT2D eigenvalue weighted by Gasteiger charge is 2.47. The van der Waals surface area contributed by atoms with Crippen LogP contribution in [0.3, 0.4) is 0 Å². The Kier molecular flexibility index (Phi) is 3.59. The van der Waals surface area contributed by atoms with Gasteiger partial charge in [-0.2, -0.15) is 4.31 Å². The lowest BCUT2D eigenvalue weighted by molar-refractivity contribution is -0.130. The van der Waals surface area contributed by atoms with Crippen LogP contribution >= 0.6 is 0 Å². The summed E-state index contributed by atoms with van der Waals surface area (Å²) in [4.78, 5) is 25.0. The second-order valence-corrected chi connectivity index (χ2v) is 8.13. The van der Waals surface area contributed by atoms with Crippen LogP contribution in [0.15, 0.2) is 29.2 Å². The molecule has 3 rings (SSSR count). The summed E-state index contributed by atoms with van der Waals surface area (Å²) in [6, 6.07) is 5.99. The third-order valence-corrected chi connectivity index (χ3v) is 6.71. The van der Waals surface area contributed by atoms with Crippen molar-refractivity contribution in [1.82, 2.24) is 4.31 Å². The van der Waals surface area contributed by atoms with Crippen molar-refractivity contribution in [2.45, 2.75) is 38.0 Å². The molecular weight excluding hydrogens is 302 g/mol. The van der Waals surface area contributed by atoms with Gasteiger partial charge in [0.05, 0.1) is 5.56 Å². The maximum atomic E-state index is 12.7. The van der Waals surface area contributed by atoms with Gasteiger partial charge in [0.25, 0.3) is 15.9 Å². The van der Waals surface area contributed by atoms with E-state index in [1.54, 1.807) is 12.1 Å². The molecule has 0 saturated heterocycles. The number of benzene rings is 1. The van der Waals surface area contributed by atoms with Crippen molar-refractivity contribution in [1.29, 1.82) is 0 Å². The Balaban J connectivity index is 1.93. The summed E-state index contributed by atoms with van der Waals surface area (Å²) in [7, 11) is -4.04. The molecule has 0 bridgehead atoms. The van der Waals surface area contributed by atoms with E-state index in [0.29, 0.717) is 29.0 Å². The Labute approximate surface area is 130 Å². The molecule has 0 radical (unpaired) electrons. The topological polar surface area (TPSA) is 71.5 Å². The number of sulfonamides is 1. The highest BCUT2D eigenvalue weighted by Crippen LogP contribution is 2.37. The average Bonchev–Trinajstić information content (AvgIpc) is 2.69. The first-order chi connectivity index (χ1) is 10.3. The van der Waals surface area contributed by atoms with E-state index >= 15 is 0 Å². The molecule has 3 atom stereocenters. The van der Waals surface area contributed by atoms with Gasteiger partial charge in [-0.05, 0) is 43.2 Å². The molecule has 5 nitrogen and oxygen atoms in total. The third-order valence-electron chi connectivity index (χ3n) is 4.97. The molecule has 0 N–H and O–H groups in total. The van der Waals surface area contributed by atoms with Gasteiger partial charge >= 0.3 is 0 Å². The molecule has 0 aromatic heterocycles. The fraction of sp³-hybridized carbons (Fsp3) is 0.500. The maximum absolute atomic E-state index is 12.7. The average molecular weight is 321 g/mol. The predicted octanol–water partition coefficient (Wildman–Crippen LogP) is 2.43. The standard InChI is InChI=1S/C16H19NO4S/c1-10-7-8-12(9-11(10)2)15(18)17-16(19)13-5-3-4-6-14(13)22(17,20)21/h3-6,10-12H,7-9H2,1-2H3. The van der Waals surface area contributed by atoms with Gasteiger partial charge in [0.15, 0.2) is 0 Å². The van der Waals surface area contributed by atoms with Crippen LogP contribution in [0.2, 0.25) is 0 Å². The molecule has 1 fully saturated rings. The van der Waals surface area contributed by atoms with Gasteiger partial charge in [0.1, 0.15) is 4.90 Å². The molecule has 1 aliphatic heterocycles. The molecule has 2 amide bonds. The minimum Gasteiger partial charge on any atom is -0.273 e. The van der Waals surface area contributed by atoms with Crippen LogP contribution in [-0.4, -0.2) is 24.5 Å². The molecule has 1 aromatic rings. The number of hydrogen-bond donors (Lipinski definition) is 0. The lowest BCUT2D eigenvalue weighted by Gasteiger charge is -2.32. The Morgan fingerprint density at radius 2 is 1.82 bits per heavy atom. The number of hydrogen-bond acceptors (Lipinski definition) is 4. The zero-order valence-electron chi connectivity index (χ0n) is 12.7. The van der Waals surface area contributed by atoms with Crippen LogP contribution in [0.1, 0.15) is 43.5 Å². The van der Waals surface area contributed by atoms with Gasteiger partial charge in [0, 0.05) is 5.92 Å². The summed E-state index contributed by atoms with van der Waals surface area (Å²) in [5, 5.41) is 0. The van der Waals surface area contributed by atoms with Crippen molar-refractivity contribution in [3.05, 3.63) is 29.8 Å². The number of carbonyl (C=O) groups is 2. The van der Waals surface area contributed by atoms with Crippen LogP contribution in [0.4, 0.5) is 0 Å². The molecule has 0 spiro atoms. The summed E-state index contributed by atoms with van der Waals surface area (Å²) >= 11 is 0. The third kappa shape index (κ3) is 2.17. The first-order valence-corrected chi connectivity index (χ1v) is 9.00. The molecule has 1 aromatic carbocycles. The van der Waals surface area contributed by atoms with Crippen LogP contribution in [0.25, 0.3) is 0 Å². The van der Waals surface area contributed by atoms with Crippen molar-refractivity contribution in [2.24, 2.45) is 17.8 Å². The van der Waals surface area contributed by atoms with Crippen LogP contribution in [0.5, 0.6) is 0 Å². The normalized spacial score (nSPS) is 30.2. The highest BCUT2D eigenvalue weighted by atomic mass is 32.2. The fourth-order valence-corrected chi connectivity index (χ4v) is 4.92. The smallest absolute Gasteiger partial charge is 0.273 e. The molecule has 1 heterocycles. The fourth-order valence-electron chi connectivity index (χ4n) is 3.34. The van der Waals surface area contributed by atoms with Gasteiger partial charge in [-0.25, -0.2) is 8.42 Å². The number of carbonyl (C=O) groups excluding carboxylic acids is 2. The lowest BCUT2D eigenvalue weighted by Crippen LogP contribution is -2.42. The van der Waals surface area contributed by atoms with E-state index < -0.39 is 21.8 Å². The van der Waals surface area contributed by atoms with Crippen molar-refractivity contribution < 1.29 is 18.0 Å². The Morgan fingerprint density at radius 1 is 1.14 bits per heavy atom. The Bertz CT molecular complexity index is 740. The SMILES string of the molecule is CC1CCC(C(=O)N2C(=O)c3ccccc3S2(=O)=O)CC1C. The van der Waals surface area contributed by atoms with Crippen molar-refractivity contribution in [2.75, 3.05) is 0 Å². The molecule has 22 heavy (non-hydrogen) atoms. The number of nitrogens with zero attached hydrogens (tertiary/aromatic N) is 1. The van der Waals surface area contributed by atoms with E-state index in [9.17, 15) is 18.0 Å². The van der Waals surface area contributed by atoms with Crippen molar-refractivity contribution in [3.63, 3.8) is 0 Å². The second-order valence-electron chi connectivity index (χ2n) is 6.37. The van der Waals surface area contributed by atoms with E-state index in [1.165, 1.54) is 12.1 Å². The first-order valence-electron chi connectivity index (χ1n) is 7.56. The van der Waals surface area contributed by atoms with Crippen molar-refractivity contribution >= 4 is 21.8 Å². The van der Waals surface area contributed by atoms with Gasteiger partial charge in [-0.1, -0.05) is 26.0 Å². The summed E-state index contributed by atoms with van der Waals surface area (Å²) < 4.78 is 25.5. The quantitative estimate of drug-likeness (QED) is 0.745. The highest BCUT2D eigenvalue weighted by molar-refractivity contribution is 7.90. The zero-order chi connectivity index (χ0) is 16.1. The summed E-state index contributed by atoms with van der Waals surface area (Å²) in [6.45, 7) is 4.21. The summed E-state index contributed by atoms with van der Waals surface area (Å²) in [5.41, 5.74) is 0.0908. The predicted molar refractivity (Wildman–Crippen MR) is 80.5 cm³/mol.